The van der Waals surface area contributed by atoms with Gasteiger partial charge in [0.2, 0.25) is 11.7 Å². The number of nitrogens with zero attached hydrogens (tertiary/aromatic N) is 3. The Morgan fingerprint density at radius 1 is 1.29 bits per heavy atom. The molecule has 6 heteroatoms. The largest absolute Gasteiger partial charge is 0.337 e. The molecule has 0 aliphatic carbocycles. The van der Waals surface area contributed by atoms with Crippen molar-refractivity contribution in [2.24, 2.45) is 0 Å². The van der Waals surface area contributed by atoms with Crippen LogP contribution in [-0.2, 0) is 0 Å². The van der Waals surface area contributed by atoms with Gasteiger partial charge in [-0.2, -0.15) is 4.98 Å². The second-order valence-electron chi connectivity index (χ2n) is 3.84. The zero-order valence-electron chi connectivity index (χ0n) is 9.17. The van der Waals surface area contributed by atoms with Crippen LogP contribution in [0, 0.1) is 0 Å². The van der Waals surface area contributed by atoms with Gasteiger partial charge in [-0.3, -0.25) is 4.98 Å². The zero-order valence-corrected chi connectivity index (χ0v) is 9.98. The molecule has 1 atom stereocenters. The summed E-state index contributed by atoms with van der Waals surface area (Å²) >= 11 is 0. The molecule has 1 fully saturated rings. The molecule has 0 radical (unpaired) electrons. The van der Waals surface area contributed by atoms with Gasteiger partial charge in [0.15, 0.2) is 0 Å². The predicted octanol–water partition coefficient (Wildman–Crippen LogP) is 1.98. The summed E-state index contributed by atoms with van der Waals surface area (Å²) in [5.74, 6) is 1.32. The highest BCUT2D eigenvalue weighted by Crippen LogP contribution is 2.23. The molecule has 1 aliphatic heterocycles. The molecular formula is C11H13ClN4O. The van der Waals surface area contributed by atoms with Gasteiger partial charge in [0.1, 0.15) is 0 Å². The molecule has 0 aromatic carbocycles. The minimum absolute atomic E-state index is 0. The van der Waals surface area contributed by atoms with Gasteiger partial charge in [-0.25, -0.2) is 0 Å². The van der Waals surface area contributed by atoms with Crippen LogP contribution in [-0.4, -0.2) is 21.7 Å². The van der Waals surface area contributed by atoms with E-state index in [4.69, 9.17) is 4.52 Å². The summed E-state index contributed by atoms with van der Waals surface area (Å²) in [6.07, 6.45) is 5.67. The van der Waals surface area contributed by atoms with Crippen molar-refractivity contribution in [3.8, 4) is 11.4 Å². The molecule has 0 amide bonds. The van der Waals surface area contributed by atoms with E-state index in [0.29, 0.717) is 11.7 Å². The second-order valence-corrected chi connectivity index (χ2v) is 3.84. The molecule has 3 heterocycles. The van der Waals surface area contributed by atoms with Crippen LogP contribution in [0.1, 0.15) is 24.8 Å². The molecule has 2 aromatic rings. The molecule has 90 valence electrons. The summed E-state index contributed by atoms with van der Waals surface area (Å²) in [4.78, 5) is 8.35. The molecule has 0 bridgehead atoms. The van der Waals surface area contributed by atoms with E-state index in [9.17, 15) is 0 Å². The number of nitrogens with one attached hydrogen (secondary N) is 1. The van der Waals surface area contributed by atoms with Crippen molar-refractivity contribution in [1.29, 1.82) is 0 Å². The maximum atomic E-state index is 5.26. The van der Waals surface area contributed by atoms with Gasteiger partial charge in [0.25, 0.3) is 0 Å². The van der Waals surface area contributed by atoms with E-state index in [1.807, 2.05) is 12.1 Å². The molecule has 5 nitrogen and oxygen atoms in total. The van der Waals surface area contributed by atoms with Crippen molar-refractivity contribution in [3.63, 3.8) is 0 Å². The summed E-state index contributed by atoms with van der Waals surface area (Å²) in [6, 6.07) is 3.97. The first-order valence-electron chi connectivity index (χ1n) is 5.41. The number of halogens is 1. The topological polar surface area (TPSA) is 63.8 Å². The van der Waals surface area contributed by atoms with Crippen LogP contribution in [0.2, 0.25) is 0 Å². The van der Waals surface area contributed by atoms with Crippen LogP contribution >= 0.6 is 12.4 Å². The van der Waals surface area contributed by atoms with E-state index in [1.165, 1.54) is 0 Å². The van der Waals surface area contributed by atoms with Crippen molar-refractivity contribution >= 4 is 12.4 Å². The SMILES string of the molecule is Cl.c1cc(-c2noc(C3CCCN3)n2)ccn1. The van der Waals surface area contributed by atoms with Gasteiger partial charge >= 0.3 is 0 Å². The van der Waals surface area contributed by atoms with Crippen LogP contribution in [0.3, 0.4) is 0 Å². The van der Waals surface area contributed by atoms with Gasteiger partial charge in [-0.15, -0.1) is 12.4 Å². The second kappa shape index (κ2) is 5.25. The Morgan fingerprint density at radius 2 is 2.12 bits per heavy atom. The lowest BCUT2D eigenvalue weighted by molar-refractivity contribution is 0.345. The van der Waals surface area contributed by atoms with Crippen molar-refractivity contribution in [2.75, 3.05) is 6.54 Å². The summed E-state index contributed by atoms with van der Waals surface area (Å²) in [5, 5.41) is 7.31. The van der Waals surface area contributed by atoms with Crippen LogP contribution in [0.25, 0.3) is 11.4 Å². The summed E-state index contributed by atoms with van der Waals surface area (Å²) in [7, 11) is 0. The van der Waals surface area contributed by atoms with Gasteiger partial charge < -0.3 is 9.84 Å². The van der Waals surface area contributed by atoms with Crippen molar-refractivity contribution in [1.82, 2.24) is 20.4 Å². The lowest BCUT2D eigenvalue weighted by atomic mass is 10.2. The van der Waals surface area contributed by atoms with E-state index < -0.39 is 0 Å². The Hall–Kier alpha value is -1.46. The van der Waals surface area contributed by atoms with E-state index in [-0.39, 0.29) is 18.4 Å². The Morgan fingerprint density at radius 3 is 2.82 bits per heavy atom. The lowest BCUT2D eigenvalue weighted by Crippen LogP contribution is -2.12. The highest BCUT2D eigenvalue weighted by molar-refractivity contribution is 5.85. The average Bonchev–Trinajstić information content (AvgIpc) is 3.01. The lowest BCUT2D eigenvalue weighted by Gasteiger charge is -2.01. The van der Waals surface area contributed by atoms with E-state index in [2.05, 4.69) is 20.4 Å². The minimum atomic E-state index is 0. The number of rotatable bonds is 2. The molecule has 0 spiro atoms. The van der Waals surface area contributed by atoms with E-state index in [0.717, 1.165) is 24.9 Å². The van der Waals surface area contributed by atoms with Crippen LogP contribution < -0.4 is 5.32 Å². The molecular weight excluding hydrogens is 240 g/mol. The van der Waals surface area contributed by atoms with Crippen LogP contribution in [0.15, 0.2) is 29.0 Å². The Labute approximate surface area is 105 Å². The number of hydrogen-bond donors (Lipinski definition) is 1. The molecule has 17 heavy (non-hydrogen) atoms. The fourth-order valence-corrected chi connectivity index (χ4v) is 1.89. The molecule has 1 aliphatic rings. The highest BCUT2D eigenvalue weighted by atomic mass is 35.5. The highest BCUT2D eigenvalue weighted by Gasteiger charge is 2.22. The normalized spacial score (nSPS) is 18.9. The first kappa shape index (κ1) is 12.0. The van der Waals surface area contributed by atoms with Crippen molar-refractivity contribution in [3.05, 3.63) is 30.4 Å². The smallest absolute Gasteiger partial charge is 0.244 e. The third-order valence-electron chi connectivity index (χ3n) is 2.74. The van der Waals surface area contributed by atoms with Crippen molar-refractivity contribution < 1.29 is 4.52 Å². The predicted molar refractivity (Wildman–Crippen MR) is 64.8 cm³/mol. The van der Waals surface area contributed by atoms with E-state index >= 15 is 0 Å². The summed E-state index contributed by atoms with van der Waals surface area (Å²) < 4.78 is 5.26. The summed E-state index contributed by atoms with van der Waals surface area (Å²) in [6.45, 7) is 1.03. The summed E-state index contributed by atoms with van der Waals surface area (Å²) in [5.41, 5.74) is 0.933. The van der Waals surface area contributed by atoms with Gasteiger partial charge in [0.05, 0.1) is 6.04 Å². The Bertz CT molecular complexity index is 467. The quantitative estimate of drug-likeness (QED) is 0.885. The van der Waals surface area contributed by atoms with Crippen LogP contribution in [0.5, 0.6) is 0 Å². The molecule has 2 aromatic heterocycles. The molecule has 1 unspecified atom stereocenters. The van der Waals surface area contributed by atoms with Crippen molar-refractivity contribution in [2.45, 2.75) is 18.9 Å². The minimum Gasteiger partial charge on any atom is -0.337 e. The Balaban J connectivity index is 0.00000108. The van der Waals surface area contributed by atoms with Gasteiger partial charge in [-0.05, 0) is 31.5 Å². The molecule has 1 saturated heterocycles. The average molecular weight is 253 g/mol. The number of pyridine rings is 1. The zero-order chi connectivity index (χ0) is 10.8. The molecule has 0 saturated carbocycles. The third kappa shape index (κ3) is 2.45. The standard InChI is InChI=1S/C11H12N4O.ClH/c1-2-9(13-5-1)11-14-10(15-16-11)8-3-6-12-7-4-8;/h3-4,6-7,9,13H,1-2,5H2;1H. The fourth-order valence-electron chi connectivity index (χ4n) is 1.89. The monoisotopic (exact) mass is 252 g/mol. The Kier molecular flexibility index (Phi) is 3.71. The first-order chi connectivity index (χ1) is 7.93. The number of hydrogen-bond acceptors (Lipinski definition) is 5. The van der Waals surface area contributed by atoms with Gasteiger partial charge in [-0.1, -0.05) is 5.16 Å². The van der Waals surface area contributed by atoms with Crippen LogP contribution in [0.4, 0.5) is 0 Å². The van der Waals surface area contributed by atoms with E-state index in [1.54, 1.807) is 12.4 Å². The number of aromatic nitrogens is 3. The first-order valence-corrected chi connectivity index (χ1v) is 5.41. The maximum Gasteiger partial charge on any atom is 0.244 e. The van der Waals surface area contributed by atoms with Gasteiger partial charge in [0, 0.05) is 18.0 Å². The molecule has 3 rings (SSSR count). The maximum absolute atomic E-state index is 5.26. The molecule has 1 N–H and O–H groups in total. The fraction of sp³-hybridized carbons (Fsp3) is 0.364. The third-order valence-corrected chi connectivity index (χ3v) is 2.74.